The van der Waals surface area contributed by atoms with Gasteiger partial charge in [0.15, 0.2) is 0 Å². The molecule has 0 aromatic heterocycles. The van der Waals surface area contributed by atoms with Crippen molar-refractivity contribution in [1.82, 2.24) is 4.31 Å². The molecule has 0 aliphatic heterocycles. The van der Waals surface area contributed by atoms with Gasteiger partial charge in [-0.1, -0.05) is 6.07 Å². The minimum absolute atomic E-state index is 0.0827. The summed E-state index contributed by atoms with van der Waals surface area (Å²) in [6.07, 6.45) is 0. The molecule has 0 atom stereocenters. The first-order valence-corrected chi connectivity index (χ1v) is 9.91. The summed E-state index contributed by atoms with van der Waals surface area (Å²) in [4.78, 5) is 22.4. The summed E-state index contributed by atoms with van der Waals surface area (Å²) in [6, 6.07) is 11.5. The molecule has 0 fully saturated rings. The second-order valence-corrected chi connectivity index (χ2v) is 8.35. The van der Waals surface area contributed by atoms with Crippen LogP contribution in [0.15, 0.2) is 53.4 Å². The summed E-state index contributed by atoms with van der Waals surface area (Å²) in [5, 5.41) is 16.2. The number of non-ortho nitro benzene ring substituents is 1. The van der Waals surface area contributed by atoms with Crippen molar-refractivity contribution in [1.29, 1.82) is 0 Å². The molecule has 1 amide bonds. The van der Waals surface area contributed by atoms with Gasteiger partial charge in [0.25, 0.3) is 5.69 Å². The summed E-state index contributed by atoms with van der Waals surface area (Å²) < 4.78 is 26.1. The smallest absolute Gasteiger partial charge is 0.271 e. The molecule has 0 unspecified atom stereocenters. The van der Waals surface area contributed by atoms with E-state index in [0.717, 1.165) is 0 Å². The molecule has 2 N–H and O–H groups in total. The molecule has 2 aromatic carbocycles. The Bertz CT molecular complexity index is 958. The third-order valence-corrected chi connectivity index (χ3v) is 6.10. The Hall–Kier alpha value is -2.98. The number of rotatable bonds is 8. The van der Waals surface area contributed by atoms with E-state index < -0.39 is 20.9 Å². The molecule has 28 heavy (non-hydrogen) atoms. The molecule has 0 aliphatic rings. The summed E-state index contributed by atoms with van der Waals surface area (Å²) in [7, 11) is -2.05. The van der Waals surface area contributed by atoms with E-state index in [0.29, 0.717) is 11.4 Å². The van der Waals surface area contributed by atoms with Gasteiger partial charge in [0.05, 0.1) is 16.4 Å². The lowest BCUT2D eigenvalue weighted by atomic mass is 10.3. The lowest BCUT2D eigenvalue weighted by Gasteiger charge is -2.21. The molecule has 9 nitrogen and oxygen atoms in total. The standard InChI is InChI=1S/C18H22N4O5S/c1-13(2)21(3)28(26,27)17-9-7-14(8-10-17)19-12-18(23)20-15-5-4-6-16(11-15)22(24)25/h4-11,13,19H,12H2,1-3H3,(H,20,23). The van der Waals surface area contributed by atoms with Crippen LogP contribution in [0.2, 0.25) is 0 Å². The molecule has 0 radical (unpaired) electrons. The van der Waals surface area contributed by atoms with E-state index in [9.17, 15) is 23.3 Å². The van der Waals surface area contributed by atoms with Gasteiger partial charge in [0.2, 0.25) is 15.9 Å². The summed E-state index contributed by atoms with van der Waals surface area (Å²) in [5.74, 6) is -0.392. The van der Waals surface area contributed by atoms with Crippen molar-refractivity contribution in [3.05, 3.63) is 58.6 Å². The average Bonchev–Trinajstić information content (AvgIpc) is 2.66. The highest BCUT2D eigenvalue weighted by Crippen LogP contribution is 2.19. The van der Waals surface area contributed by atoms with E-state index in [1.54, 1.807) is 32.0 Å². The summed E-state index contributed by atoms with van der Waals surface area (Å²) >= 11 is 0. The van der Waals surface area contributed by atoms with Crippen molar-refractivity contribution < 1.29 is 18.1 Å². The quantitative estimate of drug-likeness (QED) is 0.513. The van der Waals surface area contributed by atoms with Crippen LogP contribution in [0.3, 0.4) is 0 Å². The van der Waals surface area contributed by atoms with Crippen molar-refractivity contribution in [3.8, 4) is 0 Å². The van der Waals surface area contributed by atoms with Crippen LogP contribution in [0.4, 0.5) is 17.1 Å². The Labute approximate surface area is 163 Å². The van der Waals surface area contributed by atoms with Crippen molar-refractivity contribution in [2.75, 3.05) is 24.2 Å². The van der Waals surface area contributed by atoms with Crippen LogP contribution in [0, 0.1) is 10.1 Å². The Balaban J connectivity index is 1.97. The topological polar surface area (TPSA) is 122 Å². The molecule has 150 valence electrons. The normalized spacial score (nSPS) is 11.5. The fourth-order valence-corrected chi connectivity index (χ4v) is 3.64. The number of sulfonamides is 1. The van der Waals surface area contributed by atoms with Crippen LogP contribution in [-0.2, 0) is 14.8 Å². The van der Waals surface area contributed by atoms with Crippen LogP contribution in [0.1, 0.15) is 13.8 Å². The summed E-state index contributed by atoms with van der Waals surface area (Å²) in [5.41, 5.74) is 0.772. The van der Waals surface area contributed by atoms with E-state index in [-0.39, 0.29) is 23.2 Å². The molecule has 0 spiro atoms. The first kappa shape index (κ1) is 21.3. The third-order valence-electron chi connectivity index (χ3n) is 4.05. The van der Waals surface area contributed by atoms with Crippen LogP contribution < -0.4 is 10.6 Å². The van der Waals surface area contributed by atoms with Crippen molar-refractivity contribution in [2.45, 2.75) is 24.8 Å². The lowest BCUT2D eigenvalue weighted by molar-refractivity contribution is -0.384. The fraction of sp³-hybridized carbons (Fsp3) is 0.278. The predicted molar refractivity (Wildman–Crippen MR) is 107 cm³/mol. The molecule has 2 aromatic rings. The van der Waals surface area contributed by atoms with Crippen molar-refractivity contribution in [3.63, 3.8) is 0 Å². The first-order valence-electron chi connectivity index (χ1n) is 8.47. The van der Waals surface area contributed by atoms with Gasteiger partial charge in [-0.3, -0.25) is 14.9 Å². The first-order chi connectivity index (χ1) is 13.1. The molecule has 0 heterocycles. The average molecular weight is 406 g/mol. The Kier molecular flexibility index (Phi) is 6.71. The number of nitro groups is 1. The number of carbonyl (C=O) groups excluding carboxylic acids is 1. The molecule has 0 bridgehead atoms. The van der Waals surface area contributed by atoms with E-state index in [2.05, 4.69) is 10.6 Å². The molecule has 2 rings (SSSR count). The van der Waals surface area contributed by atoms with Crippen molar-refractivity contribution in [2.24, 2.45) is 0 Å². The second-order valence-electron chi connectivity index (χ2n) is 6.35. The highest BCUT2D eigenvalue weighted by atomic mass is 32.2. The zero-order valence-electron chi connectivity index (χ0n) is 15.7. The predicted octanol–water partition coefficient (Wildman–Crippen LogP) is 2.67. The van der Waals surface area contributed by atoms with Gasteiger partial charge in [-0.2, -0.15) is 4.31 Å². The van der Waals surface area contributed by atoms with Gasteiger partial charge in [0.1, 0.15) is 0 Å². The molecule has 0 saturated heterocycles. The van der Waals surface area contributed by atoms with Gasteiger partial charge >= 0.3 is 0 Å². The molecule has 0 aliphatic carbocycles. The van der Waals surface area contributed by atoms with Crippen LogP contribution >= 0.6 is 0 Å². The maximum atomic E-state index is 12.4. The maximum Gasteiger partial charge on any atom is 0.271 e. The monoisotopic (exact) mass is 406 g/mol. The molecule has 0 saturated carbocycles. The minimum atomic E-state index is -3.57. The van der Waals surface area contributed by atoms with E-state index >= 15 is 0 Å². The van der Waals surface area contributed by atoms with Gasteiger partial charge in [0, 0.05) is 36.6 Å². The maximum absolute atomic E-state index is 12.4. The van der Waals surface area contributed by atoms with E-state index in [4.69, 9.17) is 0 Å². The number of carbonyl (C=O) groups is 1. The number of nitrogens with one attached hydrogen (secondary N) is 2. The van der Waals surface area contributed by atoms with Gasteiger partial charge in [-0.25, -0.2) is 8.42 Å². The Morgan fingerprint density at radius 3 is 2.36 bits per heavy atom. The number of nitrogens with zero attached hydrogens (tertiary/aromatic N) is 2. The number of anilines is 2. The van der Waals surface area contributed by atoms with Crippen LogP contribution in [-0.4, -0.2) is 43.2 Å². The number of benzene rings is 2. The van der Waals surface area contributed by atoms with E-state index in [1.165, 1.54) is 41.7 Å². The zero-order valence-corrected chi connectivity index (χ0v) is 16.6. The van der Waals surface area contributed by atoms with Gasteiger partial charge < -0.3 is 10.6 Å². The van der Waals surface area contributed by atoms with Crippen molar-refractivity contribution >= 4 is 33.0 Å². The second kappa shape index (κ2) is 8.81. The van der Waals surface area contributed by atoms with E-state index in [1.807, 2.05) is 0 Å². The zero-order chi connectivity index (χ0) is 20.9. The van der Waals surface area contributed by atoms with Gasteiger partial charge in [-0.15, -0.1) is 0 Å². The fourth-order valence-electron chi connectivity index (χ4n) is 2.27. The summed E-state index contributed by atoms with van der Waals surface area (Å²) in [6.45, 7) is 3.49. The minimum Gasteiger partial charge on any atom is -0.376 e. The third kappa shape index (κ3) is 5.27. The number of amides is 1. The molecular formula is C18H22N4O5S. The number of nitro benzene ring substituents is 1. The lowest BCUT2D eigenvalue weighted by Crippen LogP contribution is -2.33. The highest BCUT2D eigenvalue weighted by molar-refractivity contribution is 7.89. The SMILES string of the molecule is CC(C)N(C)S(=O)(=O)c1ccc(NCC(=O)Nc2cccc([N+](=O)[O-])c2)cc1. The number of hydrogen-bond donors (Lipinski definition) is 2. The van der Waals surface area contributed by atoms with Crippen LogP contribution in [0.5, 0.6) is 0 Å². The largest absolute Gasteiger partial charge is 0.376 e. The Morgan fingerprint density at radius 2 is 1.79 bits per heavy atom. The Morgan fingerprint density at radius 1 is 1.14 bits per heavy atom. The van der Waals surface area contributed by atoms with Crippen LogP contribution in [0.25, 0.3) is 0 Å². The molecular weight excluding hydrogens is 384 g/mol. The molecule has 10 heteroatoms. The van der Waals surface area contributed by atoms with Gasteiger partial charge in [-0.05, 0) is 44.2 Å². The number of hydrogen-bond acceptors (Lipinski definition) is 6. The highest BCUT2D eigenvalue weighted by Gasteiger charge is 2.22.